The third-order valence-electron chi connectivity index (χ3n) is 4.35. The first kappa shape index (κ1) is 21.2. The molecule has 7 nitrogen and oxygen atoms in total. The number of hydrogen-bond acceptors (Lipinski definition) is 5. The van der Waals surface area contributed by atoms with Crippen molar-refractivity contribution >= 4 is 23.3 Å². The molecule has 158 valence electrons. The van der Waals surface area contributed by atoms with E-state index in [2.05, 4.69) is 45.2 Å². The fraction of sp³-hybridized carbons (Fsp3) is 0.304. The molecule has 1 amide bonds. The van der Waals surface area contributed by atoms with Crippen LogP contribution in [0, 0.1) is 0 Å². The lowest BCUT2D eigenvalue weighted by Crippen LogP contribution is -2.27. The molecule has 0 radical (unpaired) electrons. The van der Waals surface area contributed by atoms with Gasteiger partial charge in [-0.3, -0.25) is 10.4 Å². The second kappa shape index (κ2) is 9.35. The maximum Gasteiger partial charge on any atom is 0.412 e. The van der Waals surface area contributed by atoms with Crippen LogP contribution in [0.25, 0.3) is 0 Å². The van der Waals surface area contributed by atoms with E-state index in [0.29, 0.717) is 12.2 Å². The molecule has 0 spiro atoms. The summed E-state index contributed by atoms with van der Waals surface area (Å²) < 4.78 is 5.30. The van der Waals surface area contributed by atoms with Crippen LogP contribution in [0.1, 0.15) is 44.9 Å². The molecule has 0 aliphatic heterocycles. The van der Waals surface area contributed by atoms with Crippen LogP contribution in [0.3, 0.4) is 0 Å². The van der Waals surface area contributed by atoms with Gasteiger partial charge < -0.3 is 15.4 Å². The number of ether oxygens (including phenoxy) is 1. The van der Waals surface area contributed by atoms with Crippen LogP contribution < -0.4 is 16.0 Å². The van der Waals surface area contributed by atoms with Gasteiger partial charge >= 0.3 is 6.09 Å². The fourth-order valence-corrected chi connectivity index (χ4v) is 2.96. The first-order chi connectivity index (χ1) is 14.3. The normalized spacial score (nSPS) is 12.1. The van der Waals surface area contributed by atoms with E-state index in [1.807, 2.05) is 63.2 Å². The van der Waals surface area contributed by atoms with Crippen molar-refractivity contribution in [2.45, 2.75) is 45.9 Å². The maximum absolute atomic E-state index is 12.0. The monoisotopic (exact) mass is 407 g/mol. The molecule has 30 heavy (non-hydrogen) atoms. The van der Waals surface area contributed by atoms with E-state index in [-0.39, 0.29) is 6.04 Å². The van der Waals surface area contributed by atoms with Crippen LogP contribution in [0.4, 0.5) is 22.0 Å². The summed E-state index contributed by atoms with van der Waals surface area (Å²) in [6.45, 7) is 8.18. The summed E-state index contributed by atoms with van der Waals surface area (Å²) in [5.41, 5.74) is 3.26. The second-order valence-electron chi connectivity index (χ2n) is 8.12. The Morgan fingerprint density at radius 1 is 1.13 bits per heavy atom. The van der Waals surface area contributed by atoms with Gasteiger partial charge in [-0.15, -0.1) is 0 Å². The molecular formula is C23H29N5O2. The average molecular weight is 408 g/mol. The highest BCUT2D eigenvalue weighted by Crippen LogP contribution is 2.25. The number of nitrogens with one attached hydrogen (secondary N) is 4. The van der Waals surface area contributed by atoms with Crippen molar-refractivity contribution in [2.24, 2.45) is 0 Å². The lowest BCUT2D eigenvalue weighted by molar-refractivity contribution is 0.0636. The predicted octanol–water partition coefficient (Wildman–Crippen LogP) is 5.54. The summed E-state index contributed by atoms with van der Waals surface area (Å²) >= 11 is 0. The smallest absolute Gasteiger partial charge is 0.412 e. The molecule has 0 fully saturated rings. The molecule has 3 rings (SSSR count). The minimum atomic E-state index is -0.538. The standard InChI is InChI=1S/C23H29N5O2/c1-16(18-10-6-5-7-11-18)26-20-15-25-28-21(20)24-14-17-9-8-12-19(13-17)27-22(29)30-23(2,3)4/h5-13,15-16,26H,14H2,1-4H3,(H,27,29)(H2,24,25,28)/t16-/m1/s1. The fourth-order valence-electron chi connectivity index (χ4n) is 2.96. The Labute approximate surface area is 177 Å². The number of nitrogens with zero attached hydrogens (tertiary/aromatic N) is 1. The highest BCUT2D eigenvalue weighted by molar-refractivity contribution is 5.85. The van der Waals surface area contributed by atoms with Crippen molar-refractivity contribution in [3.8, 4) is 0 Å². The number of aromatic amines is 1. The Morgan fingerprint density at radius 3 is 2.63 bits per heavy atom. The predicted molar refractivity (Wildman–Crippen MR) is 121 cm³/mol. The van der Waals surface area contributed by atoms with Gasteiger partial charge in [0.1, 0.15) is 11.4 Å². The number of amides is 1. The number of anilines is 3. The van der Waals surface area contributed by atoms with Gasteiger partial charge in [0.05, 0.1) is 11.9 Å². The molecule has 2 aromatic carbocycles. The molecule has 4 N–H and O–H groups in total. The van der Waals surface area contributed by atoms with Crippen LogP contribution in [-0.2, 0) is 11.3 Å². The Balaban J connectivity index is 1.59. The molecule has 0 saturated heterocycles. The average Bonchev–Trinajstić information content (AvgIpc) is 3.12. The van der Waals surface area contributed by atoms with Crippen LogP contribution >= 0.6 is 0 Å². The highest BCUT2D eigenvalue weighted by Gasteiger charge is 2.16. The Morgan fingerprint density at radius 2 is 1.90 bits per heavy atom. The number of carbonyl (C=O) groups is 1. The molecule has 1 aromatic heterocycles. The van der Waals surface area contributed by atoms with Crippen molar-refractivity contribution in [1.82, 2.24) is 10.2 Å². The topological polar surface area (TPSA) is 91.1 Å². The zero-order chi connectivity index (χ0) is 21.6. The van der Waals surface area contributed by atoms with Gasteiger partial charge in [0.25, 0.3) is 0 Å². The lowest BCUT2D eigenvalue weighted by Gasteiger charge is -2.19. The molecule has 0 saturated carbocycles. The third kappa shape index (κ3) is 6.27. The number of hydrogen-bond donors (Lipinski definition) is 4. The molecule has 0 aliphatic rings. The largest absolute Gasteiger partial charge is 0.444 e. The molecule has 0 unspecified atom stereocenters. The Hall–Kier alpha value is -3.48. The van der Waals surface area contributed by atoms with Gasteiger partial charge in [0.2, 0.25) is 0 Å². The van der Waals surface area contributed by atoms with Crippen molar-refractivity contribution in [2.75, 3.05) is 16.0 Å². The number of benzene rings is 2. The minimum absolute atomic E-state index is 0.144. The molecule has 0 aliphatic carbocycles. The first-order valence-electron chi connectivity index (χ1n) is 9.98. The van der Waals surface area contributed by atoms with Gasteiger partial charge in [-0.25, -0.2) is 4.79 Å². The number of carbonyl (C=O) groups excluding carboxylic acids is 1. The summed E-state index contributed by atoms with van der Waals surface area (Å²) in [5, 5.41) is 16.7. The van der Waals surface area contributed by atoms with Crippen molar-refractivity contribution in [1.29, 1.82) is 0 Å². The summed E-state index contributed by atoms with van der Waals surface area (Å²) in [6.07, 6.45) is 1.30. The quantitative estimate of drug-likeness (QED) is 0.413. The van der Waals surface area contributed by atoms with E-state index in [1.54, 1.807) is 6.20 Å². The van der Waals surface area contributed by atoms with Crippen molar-refractivity contribution < 1.29 is 9.53 Å². The van der Waals surface area contributed by atoms with E-state index in [1.165, 1.54) is 5.56 Å². The SMILES string of the molecule is C[C@@H](Nc1cn[nH]c1NCc1cccc(NC(=O)OC(C)(C)C)c1)c1ccccc1. The zero-order valence-electron chi connectivity index (χ0n) is 17.8. The molecule has 7 heteroatoms. The van der Waals surface area contributed by atoms with Crippen LogP contribution in [0.15, 0.2) is 60.8 Å². The molecule has 1 atom stereocenters. The Kier molecular flexibility index (Phi) is 6.61. The molecule has 0 bridgehead atoms. The van der Waals surface area contributed by atoms with Gasteiger partial charge in [0, 0.05) is 18.3 Å². The number of rotatable bonds is 7. The van der Waals surface area contributed by atoms with Gasteiger partial charge in [-0.1, -0.05) is 42.5 Å². The first-order valence-corrected chi connectivity index (χ1v) is 9.98. The van der Waals surface area contributed by atoms with E-state index in [4.69, 9.17) is 4.74 Å². The molecular weight excluding hydrogens is 378 g/mol. The summed E-state index contributed by atoms with van der Waals surface area (Å²) in [4.78, 5) is 12.0. The van der Waals surface area contributed by atoms with Crippen LogP contribution in [0.5, 0.6) is 0 Å². The number of aromatic nitrogens is 2. The summed E-state index contributed by atoms with van der Waals surface area (Å²) in [7, 11) is 0. The van der Waals surface area contributed by atoms with E-state index >= 15 is 0 Å². The van der Waals surface area contributed by atoms with Crippen molar-refractivity contribution in [3.05, 3.63) is 71.9 Å². The van der Waals surface area contributed by atoms with Crippen LogP contribution in [-0.4, -0.2) is 21.9 Å². The summed E-state index contributed by atoms with van der Waals surface area (Å²) in [6, 6.07) is 18.0. The van der Waals surface area contributed by atoms with Gasteiger partial charge in [-0.2, -0.15) is 5.10 Å². The Bertz CT molecular complexity index is 963. The summed E-state index contributed by atoms with van der Waals surface area (Å²) in [5.74, 6) is 0.809. The molecule has 3 aromatic rings. The van der Waals surface area contributed by atoms with Crippen LogP contribution in [0.2, 0.25) is 0 Å². The van der Waals surface area contributed by atoms with E-state index in [9.17, 15) is 4.79 Å². The highest BCUT2D eigenvalue weighted by atomic mass is 16.6. The van der Waals surface area contributed by atoms with Crippen molar-refractivity contribution in [3.63, 3.8) is 0 Å². The van der Waals surface area contributed by atoms with Gasteiger partial charge in [0.15, 0.2) is 0 Å². The molecule has 1 heterocycles. The maximum atomic E-state index is 12.0. The van der Waals surface area contributed by atoms with Gasteiger partial charge in [-0.05, 0) is 51.0 Å². The second-order valence-corrected chi connectivity index (χ2v) is 8.12. The minimum Gasteiger partial charge on any atom is -0.444 e. The van der Waals surface area contributed by atoms with E-state index < -0.39 is 11.7 Å². The number of H-pyrrole nitrogens is 1. The zero-order valence-corrected chi connectivity index (χ0v) is 17.8. The lowest BCUT2D eigenvalue weighted by atomic mass is 10.1. The van der Waals surface area contributed by atoms with E-state index in [0.717, 1.165) is 17.1 Å². The third-order valence-corrected chi connectivity index (χ3v) is 4.35.